The number of alkyl halides is 3. The molecule has 0 unspecified atom stereocenters. The van der Waals surface area contributed by atoms with Crippen molar-refractivity contribution in [2.75, 3.05) is 5.73 Å². The molecule has 0 aliphatic heterocycles. The summed E-state index contributed by atoms with van der Waals surface area (Å²) < 4.78 is 41.0. The number of hydrogen-bond donors (Lipinski definition) is 2. The van der Waals surface area contributed by atoms with E-state index in [2.05, 4.69) is 5.21 Å². The molecule has 0 saturated carbocycles. The number of nitrogen functional groups attached to an aromatic ring is 1. The number of nitrogens with zero attached hydrogens (tertiary/aromatic N) is 2. The second-order valence-electron chi connectivity index (χ2n) is 6.03. The van der Waals surface area contributed by atoms with E-state index in [0.717, 1.165) is 17.5 Å². The van der Waals surface area contributed by atoms with E-state index >= 15 is 0 Å². The highest BCUT2D eigenvalue weighted by molar-refractivity contribution is 5.92. The van der Waals surface area contributed by atoms with Gasteiger partial charge in [0.25, 0.3) is 0 Å². The lowest BCUT2D eigenvalue weighted by Crippen LogP contribution is -2.27. The molecule has 140 valence electrons. The topological polar surface area (TPSA) is 97.9 Å². The van der Waals surface area contributed by atoms with Crippen molar-refractivity contribution in [1.29, 1.82) is 0 Å². The Balaban J connectivity index is 0.00000210. The quantitative estimate of drug-likeness (QED) is 0.500. The number of aryl methyl sites for hydroxylation is 1. The van der Waals surface area contributed by atoms with Crippen molar-refractivity contribution >= 4 is 22.1 Å². The molecule has 0 atom stereocenters. The van der Waals surface area contributed by atoms with Gasteiger partial charge in [-0.25, -0.2) is 4.79 Å². The molecule has 4 rings (SSSR count). The van der Waals surface area contributed by atoms with Gasteiger partial charge >= 0.3 is 11.7 Å². The van der Waals surface area contributed by atoms with Crippen LogP contribution in [0.2, 0.25) is 0 Å². The van der Waals surface area contributed by atoms with Gasteiger partial charge in [-0.05, 0) is 43.3 Å². The summed E-state index contributed by atoms with van der Waals surface area (Å²) in [7, 11) is 0. The number of fused-ring (bicyclic) bond motifs is 3. The smallest absolute Gasteiger partial charge is 0.416 e. The number of hydrogen-bond acceptors (Lipinski definition) is 3. The van der Waals surface area contributed by atoms with Gasteiger partial charge in [-0.2, -0.15) is 13.2 Å². The van der Waals surface area contributed by atoms with Crippen LogP contribution in [0.4, 0.5) is 18.9 Å². The van der Waals surface area contributed by atoms with E-state index in [-0.39, 0.29) is 11.0 Å². The van der Waals surface area contributed by atoms with Gasteiger partial charge in [-0.1, -0.05) is 22.0 Å². The Morgan fingerprint density at radius 2 is 1.70 bits per heavy atom. The van der Waals surface area contributed by atoms with E-state index in [0.29, 0.717) is 28.0 Å². The number of anilines is 1. The van der Waals surface area contributed by atoms with Gasteiger partial charge in [0.15, 0.2) is 11.2 Å². The summed E-state index contributed by atoms with van der Waals surface area (Å²) in [6.45, 7) is 1.74. The van der Waals surface area contributed by atoms with E-state index in [9.17, 15) is 18.0 Å². The predicted molar refractivity (Wildman–Crippen MR) is 93.1 cm³/mol. The normalized spacial score (nSPS) is 11.7. The van der Waals surface area contributed by atoms with Crippen LogP contribution >= 0.6 is 0 Å². The molecule has 0 fully saturated rings. The highest BCUT2D eigenvalue weighted by Crippen LogP contribution is 2.29. The Bertz CT molecular complexity index is 1210. The number of halogens is 3. The first-order valence-corrected chi connectivity index (χ1v) is 7.80. The summed E-state index contributed by atoms with van der Waals surface area (Å²) in [5.41, 5.74) is 7.46. The number of para-hydroxylation sites is 1. The fourth-order valence-electron chi connectivity index (χ4n) is 3.10. The number of aromatic nitrogens is 3. The Kier molecular flexibility index (Phi) is 4.19. The average molecular weight is 376 g/mol. The molecule has 9 heteroatoms. The first-order valence-electron chi connectivity index (χ1n) is 7.80. The van der Waals surface area contributed by atoms with Crippen molar-refractivity contribution in [3.8, 4) is 5.69 Å². The van der Waals surface area contributed by atoms with E-state index < -0.39 is 11.7 Å². The van der Waals surface area contributed by atoms with Crippen molar-refractivity contribution in [3.05, 3.63) is 70.0 Å². The van der Waals surface area contributed by atoms with E-state index in [4.69, 9.17) is 5.73 Å². The molecule has 2 heterocycles. The molecule has 0 saturated heterocycles. The van der Waals surface area contributed by atoms with Crippen LogP contribution in [-0.2, 0) is 6.18 Å². The van der Waals surface area contributed by atoms with Crippen molar-refractivity contribution in [3.63, 3.8) is 0 Å². The van der Waals surface area contributed by atoms with Crippen LogP contribution in [0.1, 0.15) is 11.1 Å². The maximum atomic E-state index is 12.9. The van der Waals surface area contributed by atoms with E-state index in [1.165, 1.54) is 16.8 Å². The number of nitrogens with two attached hydrogens (primary N) is 1. The summed E-state index contributed by atoms with van der Waals surface area (Å²) >= 11 is 0. The monoisotopic (exact) mass is 376 g/mol. The predicted octanol–water partition coefficient (Wildman–Crippen LogP) is 2.79. The highest BCUT2D eigenvalue weighted by Gasteiger charge is 2.31. The maximum absolute atomic E-state index is 12.9. The summed E-state index contributed by atoms with van der Waals surface area (Å²) in [6.07, 6.45) is -4.43. The van der Waals surface area contributed by atoms with Crippen LogP contribution in [0.5, 0.6) is 0 Å². The van der Waals surface area contributed by atoms with Gasteiger partial charge in [0, 0.05) is 10.9 Å². The number of rotatable bonds is 1. The third-order valence-corrected chi connectivity index (χ3v) is 4.48. The van der Waals surface area contributed by atoms with Crippen LogP contribution in [0.3, 0.4) is 0 Å². The fourth-order valence-corrected chi connectivity index (χ4v) is 3.10. The molecule has 4 aromatic rings. The number of benzene rings is 2. The summed E-state index contributed by atoms with van der Waals surface area (Å²) in [4.78, 5) is 12.9. The Morgan fingerprint density at radius 1 is 1.07 bits per heavy atom. The summed E-state index contributed by atoms with van der Waals surface area (Å²) in [6, 6.07) is 11.7. The zero-order valence-electron chi connectivity index (χ0n) is 14.1. The van der Waals surface area contributed by atoms with Crippen LogP contribution in [0.15, 0.2) is 53.3 Å². The lowest BCUT2D eigenvalue weighted by atomic mass is 10.1. The van der Waals surface area contributed by atoms with Crippen molar-refractivity contribution in [2.24, 2.45) is 0 Å². The molecule has 0 bridgehead atoms. The summed E-state index contributed by atoms with van der Waals surface area (Å²) in [5.74, 6) is 0. The minimum Gasteiger partial charge on any atom is -0.870 e. The first kappa shape index (κ1) is 18.5. The Hall–Kier alpha value is -3.33. The number of pyridine rings is 1. The molecule has 4 N–H and O–H groups in total. The molecule has 6 nitrogen and oxygen atoms in total. The minimum atomic E-state index is -4.43. The molecule has 27 heavy (non-hydrogen) atoms. The fraction of sp³-hybridized carbons (Fsp3) is 0.111. The zero-order chi connectivity index (χ0) is 18.6. The molecular weight excluding hydrogens is 361 g/mol. The third-order valence-electron chi connectivity index (χ3n) is 4.48. The number of H-pyrrole nitrogens is 1. The standard InChI is InChI=1S/C18H13F3N4O.H2O/c1-10-15(22)13-4-2-3-5-14(13)25-16(10)17(26)24(23-25)12-8-6-11(7-9-12)18(19,20)21;/h2-9,22-23H,1H3;1H2. The average Bonchev–Trinajstić information content (AvgIpc) is 2.97. The van der Waals surface area contributed by atoms with Gasteiger partial charge in [0.2, 0.25) is 5.52 Å². The molecule has 2 aromatic heterocycles. The molecule has 0 aliphatic carbocycles. The van der Waals surface area contributed by atoms with Crippen molar-refractivity contribution in [1.82, 2.24) is 9.90 Å². The van der Waals surface area contributed by atoms with Gasteiger partial charge < -0.3 is 11.2 Å². The van der Waals surface area contributed by atoms with Gasteiger partial charge in [0.05, 0.1) is 11.3 Å². The second kappa shape index (κ2) is 6.13. The minimum absolute atomic E-state index is 0. The molecule has 0 radical (unpaired) electrons. The highest BCUT2D eigenvalue weighted by atomic mass is 19.4. The molecular formula is C18H15F3N4O2. The van der Waals surface area contributed by atoms with Crippen LogP contribution in [-0.4, -0.2) is 15.4 Å². The lowest BCUT2D eigenvalue weighted by Gasteiger charge is -2.05. The molecule has 0 amide bonds. The van der Waals surface area contributed by atoms with Gasteiger partial charge in [-0.15, -0.1) is 4.52 Å². The van der Waals surface area contributed by atoms with Gasteiger partial charge in [0.1, 0.15) is 0 Å². The zero-order valence-corrected chi connectivity index (χ0v) is 14.1. The molecule has 2 aromatic carbocycles. The first-order chi connectivity index (χ1) is 12.3. The van der Waals surface area contributed by atoms with Crippen LogP contribution in [0.25, 0.3) is 22.1 Å². The maximum Gasteiger partial charge on any atom is 0.416 e. The van der Waals surface area contributed by atoms with Crippen LogP contribution in [0, 0.1) is 6.92 Å². The second-order valence-corrected chi connectivity index (χ2v) is 6.03. The van der Waals surface area contributed by atoms with Gasteiger partial charge in [-0.3, -0.25) is 0 Å². The van der Waals surface area contributed by atoms with E-state index in [1.54, 1.807) is 11.4 Å². The molecule has 0 aliphatic rings. The Morgan fingerprint density at radius 3 is 2.33 bits per heavy atom. The number of aromatic amines is 1. The van der Waals surface area contributed by atoms with Crippen molar-refractivity contribution in [2.45, 2.75) is 13.1 Å². The largest absolute Gasteiger partial charge is 0.870 e. The molecule has 0 spiro atoms. The third kappa shape index (κ3) is 2.72. The van der Waals surface area contributed by atoms with Crippen molar-refractivity contribution < 1.29 is 23.2 Å². The van der Waals surface area contributed by atoms with E-state index in [1.807, 2.05) is 24.3 Å². The number of nitrogens with one attached hydrogen (secondary N) is 1. The summed E-state index contributed by atoms with van der Waals surface area (Å²) in [5, 5.41) is 3.71. The Labute approximate surface area is 150 Å². The SMILES string of the molecule is Cc1c(N)c2ccccc2[n+]2[nH]n(-c3ccc(C(F)(F)F)cc3)c(=O)c12.[OH-]. The van der Waals surface area contributed by atoms with Crippen LogP contribution < -0.4 is 15.8 Å². The lowest BCUT2D eigenvalue weighted by molar-refractivity contribution is -0.555.